The number of aromatic hydroxyl groups is 1. The van der Waals surface area contributed by atoms with E-state index in [1.54, 1.807) is 6.07 Å². The molecular weight excluding hydrogens is 322 g/mol. The third kappa shape index (κ3) is 2.55. The molecule has 0 spiro atoms. The molecule has 0 saturated carbocycles. The lowest BCUT2D eigenvalue weighted by Gasteiger charge is -2.01. The molecule has 3 rings (SSSR count). The van der Waals surface area contributed by atoms with Gasteiger partial charge in [-0.1, -0.05) is 46.3 Å². The van der Waals surface area contributed by atoms with Crippen LogP contribution in [0.5, 0.6) is 5.75 Å². The van der Waals surface area contributed by atoms with Gasteiger partial charge in [0.05, 0.1) is 11.3 Å². The van der Waals surface area contributed by atoms with E-state index in [0.29, 0.717) is 0 Å². The van der Waals surface area contributed by atoms with E-state index in [4.69, 9.17) is 0 Å². The van der Waals surface area contributed by atoms with Crippen LogP contribution in [0.3, 0.4) is 0 Å². The van der Waals surface area contributed by atoms with Crippen molar-refractivity contribution in [3.63, 3.8) is 0 Å². The van der Waals surface area contributed by atoms with E-state index >= 15 is 0 Å². The van der Waals surface area contributed by atoms with Crippen LogP contribution in [0.2, 0.25) is 0 Å². The van der Waals surface area contributed by atoms with Crippen LogP contribution in [-0.4, -0.2) is 10.1 Å². The normalized spacial score (nSPS) is 10.6. The Bertz CT molecular complexity index is 709. The van der Waals surface area contributed by atoms with Crippen molar-refractivity contribution < 1.29 is 5.11 Å². The molecule has 1 heterocycles. The first-order valence-electron chi connectivity index (χ1n) is 5.74. The van der Waals surface area contributed by atoms with Gasteiger partial charge in [0.25, 0.3) is 0 Å². The fourth-order valence-electron chi connectivity index (χ4n) is 1.82. The summed E-state index contributed by atoms with van der Waals surface area (Å²) in [5.74, 6) is 0.247. The minimum absolute atomic E-state index is 0.247. The SMILES string of the molecule is Oc1ccc(Br)cc1-c1nc(-c2ccccc2)cs1. The van der Waals surface area contributed by atoms with Crippen molar-refractivity contribution in [2.24, 2.45) is 0 Å². The van der Waals surface area contributed by atoms with Crippen LogP contribution < -0.4 is 0 Å². The van der Waals surface area contributed by atoms with E-state index in [9.17, 15) is 5.11 Å². The first kappa shape index (κ1) is 12.4. The summed E-state index contributed by atoms with van der Waals surface area (Å²) in [5, 5.41) is 12.7. The second-order valence-electron chi connectivity index (χ2n) is 4.07. The largest absolute Gasteiger partial charge is 0.507 e. The summed E-state index contributed by atoms with van der Waals surface area (Å²) in [5.41, 5.74) is 2.76. The summed E-state index contributed by atoms with van der Waals surface area (Å²) in [6, 6.07) is 15.4. The molecule has 0 atom stereocenters. The maximum atomic E-state index is 9.91. The lowest BCUT2D eigenvalue weighted by atomic mass is 10.2. The summed E-state index contributed by atoms with van der Waals surface area (Å²) in [6.45, 7) is 0. The van der Waals surface area contributed by atoms with Crippen molar-refractivity contribution in [1.82, 2.24) is 4.98 Å². The average molecular weight is 332 g/mol. The molecule has 0 saturated heterocycles. The molecule has 0 aliphatic rings. The minimum Gasteiger partial charge on any atom is -0.507 e. The first-order chi connectivity index (χ1) is 9.24. The highest BCUT2D eigenvalue weighted by Gasteiger charge is 2.10. The standard InChI is InChI=1S/C15H10BrNOS/c16-11-6-7-14(18)12(8-11)15-17-13(9-19-15)10-4-2-1-3-5-10/h1-9,18H. The Labute approximate surface area is 123 Å². The van der Waals surface area contributed by atoms with Crippen molar-refractivity contribution in [1.29, 1.82) is 0 Å². The van der Waals surface area contributed by atoms with Crippen molar-refractivity contribution in [2.45, 2.75) is 0 Å². The molecule has 0 amide bonds. The predicted octanol–water partition coefficient (Wildman–Crippen LogP) is 4.95. The number of rotatable bonds is 2. The molecule has 0 aliphatic heterocycles. The maximum absolute atomic E-state index is 9.91. The number of nitrogens with zero attached hydrogens (tertiary/aromatic N) is 1. The van der Waals surface area contributed by atoms with Gasteiger partial charge in [0.1, 0.15) is 10.8 Å². The van der Waals surface area contributed by atoms with Crippen LogP contribution in [0, 0.1) is 0 Å². The molecule has 4 heteroatoms. The van der Waals surface area contributed by atoms with Gasteiger partial charge in [0, 0.05) is 15.4 Å². The molecule has 19 heavy (non-hydrogen) atoms. The van der Waals surface area contributed by atoms with Gasteiger partial charge in [-0.05, 0) is 18.2 Å². The third-order valence-corrected chi connectivity index (χ3v) is 4.13. The number of phenols is 1. The fraction of sp³-hybridized carbons (Fsp3) is 0. The van der Waals surface area contributed by atoms with E-state index < -0.39 is 0 Å². The van der Waals surface area contributed by atoms with Crippen molar-refractivity contribution in [3.05, 3.63) is 58.4 Å². The van der Waals surface area contributed by atoms with Crippen LogP contribution in [0.1, 0.15) is 0 Å². The Hall–Kier alpha value is -1.65. The van der Waals surface area contributed by atoms with Crippen molar-refractivity contribution in [3.8, 4) is 27.6 Å². The summed E-state index contributed by atoms with van der Waals surface area (Å²) < 4.78 is 0.928. The van der Waals surface area contributed by atoms with Gasteiger partial charge in [-0.2, -0.15) is 0 Å². The molecule has 94 valence electrons. The second-order valence-corrected chi connectivity index (χ2v) is 5.84. The topological polar surface area (TPSA) is 33.1 Å². The van der Waals surface area contributed by atoms with Gasteiger partial charge in [-0.15, -0.1) is 11.3 Å². The molecule has 0 bridgehead atoms. The Kier molecular flexibility index (Phi) is 3.36. The molecule has 0 aliphatic carbocycles. The predicted molar refractivity (Wildman–Crippen MR) is 82.4 cm³/mol. The van der Waals surface area contributed by atoms with Crippen molar-refractivity contribution >= 4 is 27.3 Å². The lowest BCUT2D eigenvalue weighted by Crippen LogP contribution is -1.80. The lowest BCUT2D eigenvalue weighted by molar-refractivity contribution is 0.477. The van der Waals surface area contributed by atoms with Gasteiger partial charge < -0.3 is 5.11 Å². The Morgan fingerprint density at radius 2 is 1.84 bits per heavy atom. The Morgan fingerprint density at radius 1 is 1.05 bits per heavy atom. The van der Waals surface area contributed by atoms with Gasteiger partial charge in [0.15, 0.2) is 0 Å². The van der Waals surface area contributed by atoms with E-state index in [0.717, 1.165) is 26.3 Å². The van der Waals surface area contributed by atoms with E-state index in [1.165, 1.54) is 11.3 Å². The molecule has 0 unspecified atom stereocenters. The van der Waals surface area contributed by atoms with E-state index in [1.807, 2.05) is 47.8 Å². The molecule has 2 nitrogen and oxygen atoms in total. The van der Waals surface area contributed by atoms with Crippen molar-refractivity contribution in [2.75, 3.05) is 0 Å². The van der Waals surface area contributed by atoms with Crippen LogP contribution in [0.15, 0.2) is 58.4 Å². The highest BCUT2D eigenvalue weighted by molar-refractivity contribution is 9.10. The second kappa shape index (κ2) is 5.15. The van der Waals surface area contributed by atoms with Crippen LogP contribution in [0.25, 0.3) is 21.8 Å². The van der Waals surface area contributed by atoms with E-state index in [-0.39, 0.29) is 5.75 Å². The minimum atomic E-state index is 0.247. The van der Waals surface area contributed by atoms with Crippen LogP contribution in [-0.2, 0) is 0 Å². The summed E-state index contributed by atoms with van der Waals surface area (Å²) >= 11 is 4.94. The molecule has 0 radical (unpaired) electrons. The number of phenolic OH excluding ortho intramolecular Hbond substituents is 1. The summed E-state index contributed by atoms with van der Waals surface area (Å²) in [7, 11) is 0. The number of hydrogen-bond donors (Lipinski definition) is 1. The fourth-order valence-corrected chi connectivity index (χ4v) is 3.03. The van der Waals surface area contributed by atoms with Gasteiger partial charge in [-0.3, -0.25) is 0 Å². The number of thiazole rings is 1. The first-order valence-corrected chi connectivity index (χ1v) is 7.41. The van der Waals surface area contributed by atoms with Gasteiger partial charge >= 0.3 is 0 Å². The zero-order chi connectivity index (χ0) is 13.2. The molecule has 1 aromatic heterocycles. The Morgan fingerprint density at radius 3 is 2.63 bits per heavy atom. The summed E-state index contributed by atoms with van der Waals surface area (Å²) in [4.78, 5) is 4.59. The maximum Gasteiger partial charge on any atom is 0.127 e. The average Bonchev–Trinajstić information content (AvgIpc) is 2.92. The van der Waals surface area contributed by atoms with Crippen LogP contribution >= 0.6 is 27.3 Å². The number of halogens is 1. The van der Waals surface area contributed by atoms with Gasteiger partial charge in [-0.25, -0.2) is 4.98 Å². The van der Waals surface area contributed by atoms with Gasteiger partial charge in [0.2, 0.25) is 0 Å². The number of benzene rings is 2. The molecule has 2 aromatic carbocycles. The zero-order valence-electron chi connectivity index (χ0n) is 9.88. The molecular formula is C15H10BrNOS. The zero-order valence-corrected chi connectivity index (χ0v) is 12.3. The van der Waals surface area contributed by atoms with E-state index in [2.05, 4.69) is 20.9 Å². The molecule has 3 aromatic rings. The molecule has 1 N–H and O–H groups in total. The van der Waals surface area contributed by atoms with Crippen LogP contribution in [0.4, 0.5) is 0 Å². The molecule has 0 fully saturated rings. The smallest absolute Gasteiger partial charge is 0.127 e. The quantitative estimate of drug-likeness (QED) is 0.721. The number of aromatic nitrogens is 1. The highest BCUT2D eigenvalue weighted by atomic mass is 79.9. The monoisotopic (exact) mass is 331 g/mol. The number of hydrogen-bond acceptors (Lipinski definition) is 3. The third-order valence-electron chi connectivity index (χ3n) is 2.76. The summed E-state index contributed by atoms with van der Waals surface area (Å²) in [6.07, 6.45) is 0. The highest BCUT2D eigenvalue weighted by Crippen LogP contribution is 2.35. The Balaban J connectivity index is 2.04.